The van der Waals surface area contributed by atoms with Gasteiger partial charge in [0, 0.05) is 43.7 Å². The number of thiophene rings is 1. The van der Waals surface area contributed by atoms with Gasteiger partial charge in [0.25, 0.3) is 0 Å². The zero-order chi connectivity index (χ0) is 22.5. The number of nitrogens with one attached hydrogen (secondary N) is 1. The summed E-state index contributed by atoms with van der Waals surface area (Å²) >= 11 is 1.69. The maximum absolute atomic E-state index is 13.2. The Balaban J connectivity index is 1.63. The Kier molecular flexibility index (Phi) is 6.87. The number of carbonyl (C=O) groups is 1. The predicted octanol–water partition coefficient (Wildman–Crippen LogP) is 5.40. The SMILES string of the molecule is COCCN(Cc1c(-c2cccs2)n(C)c2ccccc12)C(=O)NCc1ccc(F)cc1. The van der Waals surface area contributed by atoms with Gasteiger partial charge in [-0.05, 0) is 35.2 Å². The van der Waals surface area contributed by atoms with Crippen LogP contribution >= 0.6 is 11.3 Å². The second kappa shape index (κ2) is 9.97. The van der Waals surface area contributed by atoms with Gasteiger partial charge >= 0.3 is 6.03 Å². The van der Waals surface area contributed by atoms with Gasteiger partial charge < -0.3 is 19.5 Å². The van der Waals surface area contributed by atoms with Gasteiger partial charge in [-0.2, -0.15) is 0 Å². The van der Waals surface area contributed by atoms with Crippen LogP contribution in [0.15, 0.2) is 66.0 Å². The molecule has 1 N–H and O–H groups in total. The number of aryl methyl sites for hydroxylation is 1. The van der Waals surface area contributed by atoms with Crippen LogP contribution in [-0.2, 0) is 24.9 Å². The van der Waals surface area contributed by atoms with Crippen molar-refractivity contribution in [2.75, 3.05) is 20.3 Å². The summed E-state index contributed by atoms with van der Waals surface area (Å²) in [6.07, 6.45) is 0. The Morgan fingerprint density at radius 1 is 1.12 bits per heavy atom. The van der Waals surface area contributed by atoms with E-state index in [2.05, 4.69) is 40.5 Å². The van der Waals surface area contributed by atoms with Crippen molar-refractivity contribution in [1.29, 1.82) is 0 Å². The van der Waals surface area contributed by atoms with E-state index in [1.165, 1.54) is 12.1 Å². The molecule has 0 saturated carbocycles. The number of amides is 2. The summed E-state index contributed by atoms with van der Waals surface area (Å²) in [7, 11) is 3.69. The first-order chi connectivity index (χ1) is 15.6. The summed E-state index contributed by atoms with van der Waals surface area (Å²) < 4.78 is 20.6. The number of urea groups is 1. The van der Waals surface area contributed by atoms with Gasteiger partial charge in [-0.1, -0.05) is 36.4 Å². The van der Waals surface area contributed by atoms with E-state index in [4.69, 9.17) is 4.74 Å². The molecule has 0 saturated heterocycles. The van der Waals surface area contributed by atoms with Crippen molar-refractivity contribution in [3.05, 3.63) is 83.0 Å². The molecule has 2 aromatic carbocycles. The molecule has 7 heteroatoms. The molecule has 0 aliphatic carbocycles. The summed E-state index contributed by atoms with van der Waals surface area (Å²) in [5.41, 5.74) is 4.20. The van der Waals surface area contributed by atoms with Crippen molar-refractivity contribution in [3.8, 4) is 10.6 Å². The predicted molar refractivity (Wildman–Crippen MR) is 127 cm³/mol. The number of hydrogen-bond acceptors (Lipinski definition) is 3. The highest BCUT2D eigenvalue weighted by Crippen LogP contribution is 2.36. The fourth-order valence-electron chi connectivity index (χ4n) is 3.90. The van der Waals surface area contributed by atoms with Crippen LogP contribution in [0.4, 0.5) is 9.18 Å². The molecule has 0 unspecified atom stereocenters. The zero-order valence-corrected chi connectivity index (χ0v) is 19.0. The van der Waals surface area contributed by atoms with Crippen molar-refractivity contribution < 1.29 is 13.9 Å². The molecule has 0 bridgehead atoms. The lowest BCUT2D eigenvalue weighted by molar-refractivity contribution is 0.146. The van der Waals surface area contributed by atoms with E-state index >= 15 is 0 Å². The number of hydrogen-bond donors (Lipinski definition) is 1. The molecule has 2 heterocycles. The molecular formula is C25H26FN3O2S. The molecule has 166 valence electrons. The van der Waals surface area contributed by atoms with E-state index in [1.54, 1.807) is 35.5 Å². The topological polar surface area (TPSA) is 46.5 Å². The number of para-hydroxylation sites is 1. The lowest BCUT2D eigenvalue weighted by atomic mass is 10.1. The van der Waals surface area contributed by atoms with Crippen molar-refractivity contribution in [2.45, 2.75) is 13.1 Å². The van der Waals surface area contributed by atoms with Crippen LogP contribution in [-0.4, -0.2) is 35.8 Å². The molecule has 5 nitrogen and oxygen atoms in total. The van der Waals surface area contributed by atoms with Crippen molar-refractivity contribution >= 4 is 28.3 Å². The fourth-order valence-corrected chi connectivity index (χ4v) is 4.73. The minimum absolute atomic E-state index is 0.184. The molecule has 0 spiro atoms. The van der Waals surface area contributed by atoms with Gasteiger partial charge in [0.1, 0.15) is 5.82 Å². The zero-order valence-electron chi connectivity index (χ0n) is 18.2. The molecule has 0 aliphatic rings. The maximum Gasteiger partial charge on any atom is 0.318 e. The van der Waals surface area contributed by atoms with E-state index in [0.717, 1.165) is 32.6 Å². The quantitative estimate of drug-likeness (QED) is 0.390. The van der Waals surface area contributed by atoms with Gasteiger partial charge in [0.15, 0.2) is 0 Å². The number of nitrogens with zero attached hydrogens (tertiary/aromatic N) is 2. The first kappa shape index (κ1) is 22.0. The first-order valence-corrected chi connectivity index (χ1v) is 11.3. The number of halogens is 1. The van der Waals surface area contributed by atoms with E-state index in [9.17, 15) is 9.18 Å². The third-order valence-electron chi connectivity index (χ3n) is 5.52. The average molecular weight is 452 g/mol. The van der Waals surface area contributed by atoms with Gasteiger partial charge in [0.05, 0.1) is 23.7 Å². The third kappa shape index (κ3) is 4.69. The number of carbonyl (C=O) groups excluding carboxylic acids is 1. The maximum atomic E-state index is 13.2. The molecule has 0 radical (unpaired) electrons. The number of aromatic nitrogens is 1. The number of rotatable bonds is 8. The van der Waals surface area contributed by atoms with Crippen molar-refractivity contribution in [1.82, 2.24) is 14.8 Å². The molecule has 0 aliphatic heterocycles. The van der Waals surface area contributed by atoms with Gasteiger partial charge in [-0.25, -0.2) is 9.18 Å². The molecule has 32 heavy (non-hydrogen) atoms. The molecule has 0 atom stereocenters. The van der Waals surface area contributed by atoms with Crippen LogP contribution in [0.2, 0.25) is 0 Å². The number of benzene rings is 2. The van der Waals surface area contributed by atoms with Crippen LogP contribution in [0, 0.1) is 5.82 Å². The highest BCUT2D eigenvalue weighted by molar-refractivity contribution is 7.13. The summed E-state index contributed by atoms with van der Waals surface area (Å²) in [6.45, 7) is 1.67. The van der Waals surface area contributed by atoms with Crippen LogP contribution in [0.5, 0.6) is 0 Å². The molecule has 0 fully saturated rings. The van der Waals surface area contributed by atoms with Crippen LogP contribution in [0.1, 0.15) is 11.1 Å². The number of fused-ring (bicyclic) bond motifs is 1. The minimum Gasteiger partial charge on any atom is -0.383 e. The Bertz CT molecular complexity index is 1190. The second-order valence-corrected chi connectivity index (χ2v) is 8.53. The Labute approximate surface area is 191 Å². The molecule has 4 aromatic rings. The molecule has 2 aromatic heterocycles. The van der Waals surface area contributed by atoms with E-state index in [0.29, 0.717) is 26.2 Å². The normalized spacial score (nSPS) is 11.1. The number of methoxy groups -OCH3 is 1. The van der Waals surface area contributed by atoms with Gasteiger partial charge in [-0.3, -0.25) is 0 Å². The Morgan fingerprint density at radius 2 is 1.91 bits per heavy atom. The molecule has 2 amide bonds. The summed E-state index contributed by atoms with van der Waals surface area (Å²) in [6, 6.07) is 18.4. The fraction of sp³-hybridized carbons (Fsp3) is 0.240. The minimum atomic E-state index is -0.293. The molecular weight excluding hydrogens is 425 g/mol. The highest BCUT2D eigenvalue weighted by atomic mass is 32.1. The first-order valence-electron chi connectivity index (χ1n) is 10.4. The van der Waals surface area contributed by atoms with Crippen LogP contribution in [0.3, 0.4) is 0 Å². The monoisotopic (exact) mass is 451 g/mol. The van der Waals surface area contributed by atoms with Crippen LogP contribution < -0.4 is 5.32 Å². The highest BCUT2D eigenvalue weighted by Gasteiger charge is 2.22. The van der Waals surface area contributed by atoms with Crippen molar-refractivity contribution in [3.63, 3.8) is 0 Å². The van der Waals surface area contributed by atoms with E-state index in [1.807, 2.05) is 18.2 Å². The lowest BCUT2D eigenvalue weighted by Gasteiger charge is -2.23. The van der Waals surface area contributed by atoms with Gasteiger partial charge in [-0.15, -0.1) is 11.3 Å². The Hall–Kier alpha value is -3.16. The average Bonchev–Trinajstić information content (AvgIpc) is 3.43. The van der Waals surface area contributed by atoms with E-state index < -0.39 is 0 Å². The molecule has 4 rings (SSSR count). The third-order valence-corrected chi connectivity index (χ3v) is 6.40. The smallest absolute Gasteiger partial charge is 0.318 e. The number of ether oxygens (including phenoxy) is 1. The summed E-state index contributed by atoms with van der Waals surface area (Å²) in [5.74, 6) is -0.293. The van der Waals surface area contributed by atoms with Crippen molar-refractivity contribution in [2.24, 2.45) is 7.05 Å². The second-order valence-electron chi connectivity index (χ2n) is 7.58. The lowest BCUT2D eigenvalue weighted by Crippen LogP contribution is -2.41. The van der Waals surface area contributed by atoms with E-state index in [-0.39, 0.29) is 11.8 Å². The standard InChI is InChI=1S/C25H26FN3O2S/c1-28-22-7-4-3-6-20(22)21(24(28)23-8-5-15-32-23)17-29(13-14-31-2)25(30)27-16-18-9-11-19(26)12-10-18/h3-12,15H,13-14,16-17H2,1-2H3,(H,27,30). The van der Waals surface area contributed by atoms with Crippen LogP contribution in [0.25, 0.3) is 21.5 Å². The summed E-state index contributed by atoms with van der Waals surface area (Å²) in [4.78, 5) is 16.0. The summed E-state index contributed by atoms with van der Waals surface area (Å²) in [5, 5.41) is 6.16. The Morgan fingerprint density at radius 3 is 2.62 bits per heavy atom. The van der Waals surface area contributed by atoms with Gasteiger partial charge in [0.2, 0.25) is 0 Å². The largest absolute Gasteiger partial charge is 0.383 e.